The third kappa shape index (κ3) is 2.09. The Morgan fingerprint density at radius 1 is 1.08 bits per heavy atom. The van der Waals surface area contributed by atoms with Crippen molar-refractivity contribution in [1.82, 2.24) is 0 Å². The second-order valence-electron chi connectivity index (χ2n) is 3.77. The molecule has 0 spiro atoms. The molecular formula is C12H17F. The van der Waals surface area contributed by atoms with Crippen molar-refractivity contribution >= 4 is 0 Å². The molecular weight excluding hydrogens is 163 g/mol. The van der Waals surface area contributed by atoms with Gasteiger partial charge in [-0.15, -0.1) is 0 Å². The van der Waals surface area contributed by atoms with Crippen LogP contribution in [0.4, 0.5) is 4.39 Å². The van der Waals surface area contributed by atoms with E-state index in [1.165, 1.54) is 5.56 Å². The van der Waals surface area contributed by atoms with Gasteiger partial charge in [0.2, 0.25) is 0 Å². The van der Waals surface area contributed by atoms with Crippen molar-refractivity contribution in [3.63, 3.8) is 0 Å². The predicted octanol–water partition coefficient (Wildman–Crippen LogP) is 3.90. The van der Waals surface area contributed by atoms with E-state index in [9.17, 15) is 4.39 Å². The largest absolute Gasteiger partial charge is 0.207 e. The molecule has 0 aliphatic carbocycles. The molecule has 0 amide bonds. The van der Waals surface area contributed by atoms with Crippen molar-refractivity contribution in [3.05, 3.63) is 35.6 Å². The van der Waals surface area contributed by atoms with E-state index < -0.39 is 0 Å². The van der Waals surface area contributed by atoms with Gasteiger partial charge in [-0.05, 0) is 36.0 Å². The van der Waals surface area contributed by atoms with Crippen molar-refractivity contribution in [2.45, 2.75) is 39.0 Å². The Hall–Kier alpha value is -0.850. The van der Waals surface area contributed by atoms with Crippen LogP contribution in [-0.2, 0) is 5.41 Å². The first-order valence-corrected chi connectivity index (χ1v) is 4.88. The van der Waals surface area contributed by atoms with Crippen molar-refractivity contribution in [1.29, 1.82) is 0 Å². The molecule has 0 heterocycles. The molecule has 1 aromatic carbocycles. The molecule has 0 bridgehead atoms. The minimum atomic E-state index is -0.154. The highest BCUT2D eigenvalue weighted by atomic mass is 19.1. The third-order valence-corrected chi connectivity index (χ3v) is 3.10. The van der Waals surface area contributed by atoms with Crippen LogP contribution >= 0.6 is 0 Å². The van der Waals surface area contributed by atoms with Crippen LogP contribution in [0.1, 0.15) is 39.2 Å². The Bertz CT molecular complexity index is 257. The molecule has 0 N–H and O–H groups in total. The molecule has 0 aliphatic heterocycles. The van der Waals surface area contributed by atoms with E-state index in [1.54, 1.807) is 12.1 Å². The quantitative estimate of drug-likeness (QED) is 0.661. The maximum absolute atomic E-state index is 12.7. The zero-order chi connectivity index (χ0) is 9.90. The van der Waals surface area contributed by atoms with Crippen molar-refractivity contribution < 1.29 is 4.39 Å². The maximum Gasteiger partial charge on any atom is 0.123 e. The first-order chi connectivity index (χ1) is 6.12. The highest BCUT2D eigenvalue weighted by molar-refractivity contribution is 5.24. The van der Waals surface area contributed by atoms with Crippen molar-refractivity contribution in [2.24, 2.45) is 0 Å². The Balaban J connectivity index is 2.99. The van der Waals surface area contributed by atoms with E-state index in [0.29, 0.717) is 0 Å². The van der Waals surface area contributed by atoms with E-state index in [-0.39, 0.29) is 11.2 Å². The summed E-state index contributed by atoms with van der Waals surface area (Å²) in [4.78, 5) is 0. The highest BCUT2D eigenvalue weighted by Crippen LogP contribution is 2.30. The van der Waals surface area contributed by atoms with Crippen LogP contribution in [0, 0.1) is 5.82 Å². The fourth-order valence-electron chi connectivity index (χ4n) is 1.51. The summed E-state index contributed by atoms with van der Waals surface area (Å²) in [5.41, 5.74) is 1.44. The van der Waals surface area contributed by atoms with Gasteiger partial charge < -0.3 is 0 Å². The zero-order valence-electron chi connectivity index (χ0n) is 8.60. The summed E-state index contributed by atoms with van der Waals surface area (Å²) in [7, 11) is 0. The van der Waals surface area contributed by atoms with E-state index in [2.05, 4.69) is 20.8 Å². The molecule has 0 saturated carbocycles. The lowest BCUT2D eigenvalue weighted by molar-refractivity contribution is 0.438. The van der Waals surface area contributed by atoms with Gasteiger partial charge in [-0.3, -0.25) is 0 Å². The molecule has 0 saturated heterocycles. The van der Waals surface area contributed by atoms with Gasteiger partial charge in [0.1, 0.15) is 5.82 Å². The fourth-order valence-corrected chi connectivity index (χ4v) is 1.51. The monoisotopic (exact) mass is 180 g/mol. The molecule has 0 unspecified atom stereocenters. The molecule has 0 aliphatic rings. The summed E-state index contributed by atoms with van der Waals surface area (Å²) in [6, 6.07) is 6.86. The Morgan fingerprint density at radius 3 is 1.92 bits per heavy atom. The molecule has 72 valence electrons. The second-order valence-corrected chi connectivity index (χ2v) is 3.77. The van der Waals surface area contributed by atoms with Crippen molar-refractivity contribution in [3.8, 4) is 0 Å². The van der Waals surface area contributed by atoms with Gasteiger partial charge in [0.25, 0.3) is 0 Å². The van der Waals surface area contributed by atoms with Gasteiger partial charge >= 0.3 is 0 Å². The first-order valence-electron chi connectivity index (χ1n) is 4.88. The normalized spacial score (nSPS) is 11.7. The summed E-state index contributed by atoms with van der Waals surface area (Å²) in [6.07, 6.45) is 2.18. The van der Waals surface area contributed by atoms with E-state index >= 15 is 0 Å². The Kier molecular flexibility index (Phi) is 3.07. The van der Waals surface area contributed by atoms with Crippen molar-refractivity contribution in [2.75, 3.05) is 0 Å². The lowest BCUT2D eigenvalue weighted by Gasteiger charge is -2.27. The number of halogens is 1. The van der Waals surface area contributed by atoms with Crippen LogP contribution in [0.25, 0.3) is 0 Å². The first kappa shape index (κ1) is 10.2. The summed E-state index contributed by atoms with van der Waals surface area (Å²) < 4.78 is 12.7. The number of benzene rings is 1. The van der Waals surface area contributed by atoms with E-state index in [4.69, 9.17) is 0 Å². The molecule has 0 atom stereocenters. The second kappa shape index (κ2) is 3.91. The average molecular weight is 180 g/mol. The van der Waals surface area contributed by atoms with Gasteiger partial charge in [-0.2, -0.15) is 0 Å². The van der Waals surface area contributed by atoms with Gasteiger partial charge in [-0.1, -0.05) is 32.9 Å². The van der Waals surface area contributed by atoms with Crippen LogP contribution in [0.5, 0.6) is 0 Å². The van der Waals surface area contributed by atoms with Gasteiger partial charge in [0, 0.05) is 0 Å². The fraction of sp³-hybridized carbons (Fsp3) is 0.500. The van der Waals surface area contributed by atoms with Gasteiger partial charge in [0.15, 0.2) is 0 Å². The standard InChI is InChI=1S/C12H17F/c1-4-12(3,5-2)10-6-8-11(13)9-7-10/h6-9H,4-5H2,1-3H3. The molecule has 0 aromatic heterocycles. The number of rotatable bonds is 3. The van der Waals surface area contributed by atoms with Gasteiger partial charge in [-0.25, -0.2) is 4.39 Å². The molecule has 13 heavy (non-hydrogen) atoms. The predicted molar refractivity (Wildman–Crippen MR) is 54.3 cm³/mol. The van der Waals surface area contributed by atoms with Crippen LogP contribution in [0.2, 0.25) is 0 Å². The SMILES string of the molecule is CCC(C)(CC)c1ccc(F)cc1. The lowest BCUT2D eigenvalue weighted by Crippen LogP contribution is -2.19. The molecule has 1 rings (SSSR count). The molecule has 1 aromatic rings. The smallest absolute Gasteiger partial charge is 0.123 e. The van der Waals surface area contributed by atoms with Crippen LogP contribution < -0.4 is 0 Å². The summed E-state index contributed by atoms with van der Waals surface area (Å²) in [5.74, 6) is -0.154. The topological polar surface area (TPSA) is 0 Å². The summed E-state index contributed by atoms with van der Waals surface area (Å²) >= 11 is 0. The maximum atomic E-state index is 12.7. The highest BCUT2D eigenvalue weighted by Gasteiger charge is 2.21. The molecule has 0 radical (unpaired) electrons. The molecule has 1 heteroatoms. The summed E-state index contributed by atoms with van der Waals surface area (Å²) in [6.45, 7) is 6.57. The molecule has 0 fully saturated rings. The van der Waals surface area contributed by atoms with Gasteiger partial charge in [0.05, 0.1) is 0 Å². The van der Waals surface area contributed by atoms with Crippen LogP contribution in [0.3, 0.4) is 0 Å². The number of hydrogen-bond donors (Lipinski definition) is 0. The number of hydrogen-bond acceptors (Lipinski definition) is 0. The third-order valence-electron chi connectivity index (χ3n) is 3.10. The lowest BCUT2D eigenvalue weighted by atomic mass is 9.78. The molecule has 0 nitrogen and oxygen atoms in total. The Morgan fingerprint density at radius 2 is 1.54 bits per heavy atom. The average Bonchev–Trinajstić information content (AvgIpc) is 2.18. The van der Waals surface area contributed by atoms with E-state index in [0.717, 1.165) is 12.8 Å². The minimum absolute atomic E-state index is 0.154. The minimum Gasteiger partial charge on any atom is -0.207 e. The van der Waals surface area contributed by atoms with Crippen LogP contribution in [-0.4, -0.2) is 0 Å². The van der Waals surface area contributed by atoms with E-state index in [1.807, 2.05) is 12.1 Å². The summed E-state index contributed by atoms with van der Waals surface area (Å²) in [5, 5.41) is 0. The zero-order valence-corrected chi connectivity index (χ0v) is 8.60. The van der Waals surface area contributed by atoms with Crippen LogP contribution in [0.15, 0.2) is 24.3 Å². The Labute approximate surface area is 79.8 Å².